The number of carbonyl (C=O) groups excluding carboxylic acids is 1. The molecular weight excluding hydrogens is 252 g/mol. The van der Waals surface area contributed by atoms with Crippen molar-refractivity contribution in [2.75, 3.05) is 17.7 Å². The third-order valence-electron chi connectivity index (χ3n) is 2.59. The predicted octanol–water partition coefficient (Wildman–Crippen LogP) is 3.08. The predicted molar refractivity (Wildman–Crippen MR) is 85.7 cm³/mol. The van der Waals surface area contributed by atoms with Gasteiger partial charge >= 0.3 is 0 Å². The first-order valence-corrected chi connectivity index (χ1v) is 6.40. The summed E-state index contributed by atoms with van der Waals surface area (Å²) >= 11 is 0. The molecule has 106 valence electrons. The van der Waals surface area contributed by atoms with E-state index >= 15 is 0 Å². The zero-order valence-corrected chi connectivity index (χ0v) is 12.1. The summed E-state index contributed by atoms with van der Waals surface area (Å²) in [6, 6.07) is 7.33. The standard InChI is InChI=1S/C15H20N4O/c1-5-11(3)17-15(16-4)19-13-9-7-8-12(10-13)18-14(20)6-2/h6-10H,2,5H2,1,3-4H3,(H,16,19)(H,18,20)/b17-11-. The minimum atomic E-state index is -0.244. The van der Waals surface area contributed by atoms with Gasteiger partial charge in [0.1, 0.15) is 0 Å². The number of hydrogen-bond donors (Lipinski definition) is 2. The normalized spacial score (nSPS) is 11.9. The van der Waals surface area contributed by atoms with Crippen LogP contribution in [0.1, 0.15) is 20.3 Å². The molecule has 0 radical (unpaired) electrons. The van der Waals surface area contributed by atoms with Gasteiger partial charge in [-0.2, -0.15) is 0 Å². The lowest BCUT2D eigenvalue weighted by Gasteiger charge is -2.08. The average Bonchev–Trinajstić information content (AvgIpc) is 2.46. The Hall–Kier alpha value is -2.43. The number of benzene rings is 1. The SMILES string of the molecule is C=CC(=O)Nc1cccc(NC(=NC)/N=C(/C)CC)c1. The molecule has 0 spiro atoms. The van der Waals surface area contributed by atoms with Gasteiger partial charge in [-0.15, -0.1) is 0 Å². The maximum absolute atomic E-state index is 11.3. The summed E-state index contributed by atoms with van der Waals surface area (Å²) in [5.41, 5.74) is 2.49. The number of carbonyl (C=O) groups is 1. The van der Waals surface area contributed by atoms with E-state index in [9.17, 15) is 4.79 Å². The van der Waals surface area contributed by atoms with E-state index in [-0.39, 0.29) is 5.91 Å². The van der Waals surface area contributed by atoms with Crippen molar-refractivity contribution < 1.29 is 4.79 Å². The summed E-state index contributed by atoms with van der Waals surface area (Å²) in [5, 5.41) is 5.81. The van der Waals surface area contributed by atoms with E-state index in [4.69, 9.17) is 0 Å². The van der Waals surface area contributed by atoms with Gasteiger partial charge in [0.15, 0.2) is 0 Å². The van der Waals surface area contributed by atoms with Crippen molar-refractivity contribution in [3.05, 3.63) is 36.9 Å². The Morgan fingerprint density at radius 3 is 2.55 bits per heavy atom. The molecule has 1 aromatic rings. The quantitative estimate of drug-likeness (QED) is 0.502. The maximum atomic E-state index is 11.3. The summed E-state index contributed by atoms with van der Waals surface area (Å²) < 4.78 is 0. The number of guanidine groups is 1. The third kappa shape index (κ3) is 5.06. The van der Waals surface area contributed by atoms with Crippen molar-refractivity contribution >= 4 is 29.0 Å². The molecule has 5 heteroatoms. The van der Waals surface area contributed by atoms with Crippen molar-refractivity contribution in [1.29, 1.82) is 0 Å². The lowest BCUT2D eigenvalue weighted by atomic mass is 10.2. The second kappa shape index (κ2) is 7.89. The Labute approximate surface area is 119 Å². The largest absolute Gasteiger partial charge is 0.324 e. The van der Waals surface area contributed by atoms with Gasteiger partial charge in [0.2, 0.25) is 11.9 Å². The van der Waals surface area contributed by atoms with Crippen LogP contribution in [0, 0.1) is 0 Å². The Morgan fingerprint density at radius 1 is 1.35 bits per heavy atom. The molecule has 0 atom stereocenters. The number of aliphatic imine (C=N–C) groups is 2. The average molecular weight is 272 g/mol. The summed E-state index contributed by atoms with van der Waals surface area (Å²) in [6.45, 7) is 7.41. The minimum absolute atomic E-state index is 0.244. The zero-order chi connectivity index (χ0) is 15.0. The highest BCUT2D eigenvalue weighted by atomic mass is 16.1. The van der Waals surface area contributed by atoms with Gasteiger partial charge < -0.3 is 10.6 Å². The van der Waals surface area contributed by atoms with Crippen LogP contribution in [0.4, 0.5) is 11.4 Å². The fraction of sp³-hybridized carbons (Fsp3) is 0.267. The first-order chi connectivity index (χ1) is 9.58. The van der Waals surface area contributed by atoms with Gasteiger partial charge in [-0.1, -0.05) is 19.6 Å². The van der Waals surface area contributed by atoms with E-state index < -0.39 is 0 Å². The van der Waals surface area contributed by atoms with Gasteiger partial charge in [0, 0.05) is 24.1 Å². The van der Waals surface area contributed by atoms with Gasteiger partial charge in [-0.3, -0.25) is 9.79 Å². The topological polar surface area (TPSA) is 65.8 Å². The molecule has 0 aliphatic rings. The first kappa shape index (κ1) is 15.6. The maximum Gasteiger partial charge on any atom is 0.247 e. The first-order valence-electron chi connectivity index (χ1n) is 6.40. The third-order valence-corrected chi connectivity index (χ3v) is 2.59. The zero-order valence-electron chi connectivity index (χ0n) is 12.1. The molecule has 0 aliphatic carbocycles. The van der Waals surface area contributed by atoms with Crippen molar-refractivity contribution in [3.8, 4) is 0 Å². The smallest absolute Gasteiger partial charge is 0.247 e. The molecule has 0 fully saturated rings. The molecule has 0 aromatic heterocycles. The van der Waals surface area contributed by atoms with Crippen LogP contribution in [0.3, 0.4) is 0 Å². The highest BCUT2D eigenvalue weighted by molar-refractivity contribution is 6.03. The Kier molecular flexibility index (Phi) is 6.16. The Balaban J connectivity index is 2.84. The number of amides is 1. The van der Waals surface area contributed by atoms with Crippen LogP contribution in [0.2, 0.25) is 0 Å². The molecule has 0 aliphatic heterocycles. The molecule has 0 saturated heterocycles. The second-order valence-electron chi connectivity index (χ2n) is 4.15. The van der Waals surface area contributed by atoms with Gasteiger partial charge in [-0.05, 0) is 37.6 Å². The lowest BCUT2D eigenvalue weighted by molar-refractivity contribution is -0.111. The summed E-state index contributed by atoms with van der Waals surface area (Å²) in [4.78, 5) is 19.7. The van der Waals surface area contributed by atoms with E-state index in [0.717, 1.165) is 17.8 Å². The lowest BCUT2D eigenvalue weighted by Crippen LogP contribution is -2.12. The van der Waals surface area contributed by atoms with E-state index in [1.54, 1.807) is 13.1 Å². The van der Waals surface area contributed by atoms with E-state index in [1.807, 2.05) is 32.0 Å². The van der Waals surface area contributed by atoms with Crippen LogP contribution in [-0.4, -0.2) is 24.6 Å². The monoisotopic (exact) mass is 272 g/mol. The number of nitrogens with zero attached hydrogens (tertiary/aromatic N) is 2. The van der Waals surface area contributed by atoms with E-state index in [1.165, 1.54) is 6.08 Å². The van der Waals surface area contributed by atoms with Crippen molar-refractivity contribution in [2.24, 2.45) is 9.98 Å². The molecule has 20 heavy (non-hydrogen) atoms. The fourth-order valence-corrected chi connectivity index (χ4v) is 1.39. The van der Waals surface area contributed by atoms with Crippen molar-refractivity contribution in [3.63, 3.8) is 0 Å². The molecular formula is C15H20N4O. The van der Waals surface area contributed by atoms with Crippen LogP contribution >= 0.6 is 0 Å². The molecule has 0 heterocycles. The number of hydrogen-bond acceptors (Lipinski definition) is 2. The molecule has 1 amide bonds. The molecule has 2 N–H and O–H groups in total. The molecule has 1 aromatic carbocycles. The Bertz CT molecular complexity index is 547. The summed E-state index contributed by atoms with van der Waals surface area (Å²) in [7, 11) is 1.68. The summed E-state index contributed by atoms with van der Waals surface area (Å²) in [5.74, 6) is 0.294. The molecule has 1 rings (SSSR count). The van der Waals surface area contributed by atoms with Crippen LogP contribution < -0.4 is 10.6 Å². The van der Waals surface area contributed by atoms with Crippen LogP contribution in [0.15, 0.2) is 46.9 Å². The molecule has 0 bridgehead atoms. The number of rotatable bonds is 4. The van der Waals surface area contributed by atoms with Crippen LogP contribution in [0.5, 0.6) is 0 Å². The second-order valence-corrected chi connectivity index (χ2v) is 4.15. The number of nitrogens with one attached hydrogen (secondary N) is 2. The highest BCUT2D eigenvalue weighted by Crippen LogP contribution is 2.15. The summed E-state index contributed by atoms with van der Waals surface area (Å²) in [6.07, 6.45) is 2.10. The molecule has 0 unspecified atom stereocenters. The molecule has 0 saturated carbocycles. The number of anilines is 2. The van der Waals surface area contributed by atoms with E-state index in [0.29, 0.717) is 11.6 Å². The van der Waals surface area contributed by atoms with Crippen LogP contribution in [-0.2, 0) is 4.79 Å². The van der Waals surface area contributed by atoms with Gasteiger partial charge in [0.05, 0.1) is 0 Å². The van der Waals surface area contributed by atoms with Gasteiger partial charge in [0.25, 0.3) is 0 Å². The molecule has 5 nitrogen and oxygen atoms in total. The van der Waals surface area contributed by atoms with Crippen molar-refractivity contribution in [1.82, 2.24) is 0 Å². The van der Waals surface area contributed by atoms with Crippen molar-refractivity contribution in [2.45, 2.75) is 20.3 Å². The Morgan fingerprint density at radius 2 is 2.00 bits per heavy atom. The fourth-order valence-electron chi connectivity index (χ4n) is 1.39. The van der Waals surface area contributed by atoms with E-state index in [2.05, 4.69) is 27.2 Å². The highest BCUT2D eigenvalue weighted by Gasteiger charge is 2.01. The minimum Gasteiger partial charge on any atom is -0.324 e. The van der Waals surface area contributed by atoms with Gasteiger partial charge in [-0.25, -0.2) is 4.99 Å². The van der Waals surface area contributed by atoms with Crippen LogP contribution in [0.25, 0.3) is 0 Å².